The molecule has 0 aliphatic carbocycles. The van der Waals surface area contributed by atoms with Gasteiger partial charge in [-0.2, -0.15) is 0 Å². The lowest BCUT2D eigenvalue weighted by Gasteiger charge is -2.28. The van der Waals surface area contributed by atoms with Gasteiger partial charge in [-0.05, 0) is 19.4 Å². The number of hydrogen-bond donors (Lipinski definition) is 1. The molecular weight excluding hydrogens is 456 g/mol. The summed E-state index contributed by atoms with van der Waals surface area (Å²) in [6.07, 6.45) is 2.06. The van der Waals surface area contributed by atoms with Gasteiger partial charge in [-0.1, -0.05) is 30.3 Å². The number of ether oxygens (including phenoxy) is 1. The lowest BCUT2D eigenvalue weighted by Crippen LogP contribution is -2.36. The molecule has 1 aromatic heterocycles. The maximum Gasteiger partial charge on any atom is 0.269 e. The Kier molecular flexibility index (Phi) is 6.19. The minimum absolute atomic E-state index is 0.00254. The van der Waals surface area contributed by atoms with Crippen LogP contribution in [0.25, 0.3) is 0 Å². The second-order valence-electron chi connectivity index (χ2n) is 8.07. The average Bonchev–Trinajstić information content (AvgIpc) is 3.36. The van der Waals surface area contributed by atoms with Crippen molar-refractivity contribution >= 4 is 26.5 Å². The standard InChI is InChI=1S/C22H23F2N3O3S2/c1-15-18(30-22(2)8-10-27(14-22)13-16-6-4-3-5-7-16)12-17(23)20(19(15)24)32(28,29)26-21-25-9-11-31-21/h3-7,9,11-12H,8,10,13-14H2,1-2H3,(H,25,26)/t22-/m1/s1. The molecule has 2 aromatic carbocycles. The maximum atomic E-state index is 15.0. The second-order valence-corrected chi connectivity index (χ2v) is 10.6. The van der Waals surface area contributed by atoms with Gasteiger partial charge in [0.1, 0.15) is 17.2 Å². The van der Waals surface area contributed by atoms with Crippen LogP contribution in [0.15, 0.2) is 52.9 Å². The largest absolute Gasteiger partial charge is 0.486 e. The molecule has 1 atom stereocenters. The van der Waals surface area contributed by atoms with Gasteiger partial charge in [0.05, 0.1) is 0 Å². The number of likely N-dealkylation sites (tertiary alicyclic amines) is 1. The number of thiazole rings is 1. The summed E-state index contributed by atoms with van der Waals surface area (Å²) in [4.78, 5) is 4.97. The zero-order valence-corrected chi connectivity index (χ0v) is 19.3. The highest BCUT2D eigenvalue weighted by Crippen LogP contribution is 2.35. The highest BCUT2D eigenvalue weighted by molar-refractivity contribution is 7.93. The third kappa shape index (κ3) is 4.77. The van der Waals surface area contributed by atoms with E-state index in [0.717, 1.165) is 30.5 Å². The molecule has 0 bridgehead atoms. The van der Waals surface area contributed by atoms with Crippen molar-refractivity contribution in [1.29, 1.82) is 0 Å². The highest BCUT2D eigenvalue weighted by atomic mass is 32.2. The first-order valence-corrected chi connectivity index (χ1v) is 12.4. The van der Waals surface area contributed by atoms with Crippen molar-refractivity contribution in [1.82, 2.24) is 9.88 Å². The fourth-order valence-corrected chi connectivity index (χ4v) is 5.80. The lowest BCUT2D eigenvalue weighted by molar-refractivity contribution is 0.0930. The van der Waals surface area contributed by atoms with Crippen LogP contribution in [0.4, 0.5) is 13.9 Å². The van der Waals surface area contributed by atoms with Crippen LogP contribution in [0.3, 0.4) is 0 Å². The van der Waals surface area contributed by atoms with Crippen LogP contribution in [0.5, 0.6) is 5.75 Å². The highest BCUT2D eigenvalue weighted by Gasteiger charge is 2.37. The van der Waals surface area contributed by atoms with Crippen LogP contribution in [-0.2, 0) is 16.6 Å². The Bertz CT molecular complexity index is 1200. The van der Waals surface area contributed by atoms with E-state index in [1.165, 1.54) is 18.7 Å². The molecule has 170 valence electrons. The first-order chi connectivity index (χ1) is 15.2. The zero-order valence-electron chi connectivity index (χ0n) is 17.6. The van der Waals surface area contributed by atoms with E-state index in [0.29, 0.717) is 13.0 Å². The molecule has 3 aromatic rings. The Morgan fingerprint density at radius 2 is 2.03 bits per heavy atom. The summed E-state index contributed by atoms with van der Waals surface area (Å²) >= 11 is 1.01. The molecule has 0 radical (unpaired) electrons. The summed E-state index contributed by atoms with van der Waals surface area (Å²) in [7, 11) is -4.49. The SMILES string of the molecule is Cc1c(O[C@]2(C)CCN(Cc3ccccc3)C2)cc(F)c(S(=O)(=O)Nc2nccs2)c1F. The average molecular weight is 480 g/mol. The van der Waals surface area contributed by atoms with Gasteiger partial charge in [0.25, 0.3) is 10.0 Å². The van der Waals surface area contributed by atoms with Crippen molar-refractivity contribution in [3.8, 4) is 5.75 Å². The van der Waals surface area contributed by atoms with E-state index in [9.17, 15) is 12.8 Å². The van der Waals surface area contributed by atoms with Crippen molar-refractivity contribution in [2.75, 3.05) is 17.8 Å². The number of sulfonamides is 1. The zero-order chi connectivity index (χ0) is 22.9. The van der Waals surface area contributed by atoms with Gasteiger partial charge in [0.15, 0.2) is 15.8 Å². The molecule has 10 heteroatoms. The van der Waals surface area contributed by atoms with Gasteiger partial charge in [0.2, 0.25) is 0 Å². The Hall–Kier alpha value is -2.56. The number of nitrogens with zero attached hydrogens (tertiary/aromatic N) is 2. The molecule has 0 unspecified atom stereocenters. The third-order valence-electron chi connectivity index (χ3n) is 5.42. The number of nitrogens with one attached hydrogen (secondary N) is 1. The Balaban J connectivity index is 1.53. The number of benzene rings is 2. The molecule has 1 aliphatic heterocycles. The number of aromatic nitrogens is 1. The van der Waals surface area contributed by atoms with E-state index >= 15 is 4.39 Å². The van der Waals surface area contributed by atoms with Crippen LogP contribution >= 0.6 is 11.3 Å². The van der Waals surface area contributed by atoms with Crippen molar-refractivity contribution in [2.45, 2.75) is 37.3 Å². The third-order valence-corrected chi connectivity index (χ3v) is 7.61. The fourth-order valence-electron chi connectivity index (χ4n) is 3.82. The topological polar surface area (TPSA) is 71.5 Å². The van der Waals surface area contributed by atoms with Gasteiger partial charge in [-0.15, -0.1) is 11.3 Å². The van der Waals surface area contributed by atoms with Crippen LogP contribution in [0.2, 0.25) is 0 Å². The molecule has 0 spiro atoms. The molecule has 0 saturated carbocycles. The second kappa shape index (κ2) is 8.76. The molecule has 32 heavy (non-hydrogen) atoms. The van der Waals surface area contributed by atoms with Gasteiger partial charge in [-0.3, -0.25) is 9.62 Å². The number of hydrogen-bond acceptors (Lipinski definition) is 6. The Morgan fingerprint density at radius 3 is 2.72 bits per heavy atom. The molecule has 6 nitrogen and oxygen atoms in total. The molecule has 1 saturated heterocycles. The first-order valence-electron chi connectivity index (χ1n) is 10.0. The van der Waals surface area contributed by atoms with Crippen LogP contribution < -0.4 is 9.46 Å². The molecule has 1 N–H and O–H groups in total. The maximum absolute atomic E-state index is 15.0. The van der Waals surface area contributed by atoms with Crippen molar-refractivity contribution < 1.29 is 21.9 Å². The normalized spacial score (nSPS) is 19.2. The molecule has 2 heterocycles. The first kappa shape index (κ1) is 22.6. The van der Waals surface area contributed by atoms with E-state index in [1.807, 2.05) is 37.3 Å². The van der Waals surface area contributed by atoms with Gasteiger partial charge < -0.3 is 4.74 Å². The minimum Gasteiger partial charge on any atom is -0.486 e. The number of rotatable bonds is 7. The smallest absolute Gasteiger partial charge is 0.269 e. The summed E-state index contributed by atoms with van der Waals surface area (Å²) in [5, 5.41) is 1.58. The van der Waals surface area contributed by atoms with Crippen molar-refractivity contribution in [3.63, 3.8) is 0 Å². The summed E-state index contributed by atoms with van der Waals surface area (Å²) in [6.45, 7) is 5.38. The quantitative estimate of drug-likeness (QED) is 0.537. The summed E-state index contributed by atoms with van der Waals surface area (Å²) < 4.78 is 63.1. The van der Waals surface area contributed by atoms with E-state index in [2.05, 4.69) is 14.6 Å². The summed E-state index contributed by atoms with van der Waals surface area (Å²) in [6, 6.07) is 11.0. The number of anilines is 1. The fraction of sp³-hybridized carbons (Fsp3) is 0.318. The molecule has 1 fully saturated rings. The predicted octanol–water partition coefficient (Wildman–Crippen LogP) is 4.57. The van der Waals surface area contributed by atoms with E-state index < -0.39 is 32.2 Å². The van der Waals surface area contributed by atoms with E-state index in [4.69, 9.17) is 4.74 Å². The molecular formula is C22H23F2N3O3S2. The molecule has 4 rings (SSSR count). The minimum atomic E-state index is -4.49. The molecule has 0 amide bonds. The predicted molar refractivity (Wildman–Crippen MR) is 119 cm³/mol. The van der Waals surface area contributed by atoms with Crippen LogP contribution in [0.1, 0.15) is 24.5 Å². The Labute approximate surface area is 189 Å². The molecule has 1 aliphatic rings. The van der Waals surface area contributed by atoms with E-state index in [1.54, 1.807) is 5.38 Å². The van der Waals surface area contributed by atoms with Crippen LogP contribution in [-0.4, -0.2) is 37.0 Å². The summed E-state index contributed by atoms with van der Waals surface area (Å²) in [5.74, 6) is -2.39. The Morgan fingerprint density at radius 1 is 1.28 bits per heavy atom. The number of halogens is 2. The lowest BCUT2D eigenvalue weighted by atomic mass is 10.1. The van der Waals surface area contributed by atoms with Gasteiger partial charge in [0, 0.05) is 49.3 Å². The van der Waals surface area contributed by atoms with Gasteiger partial charge >= 0.3 is 0 Å². The van der Waals surface area contributed by atoms with Crippen molar-refractivity contribution in [2.24, 2.45) is 0 Å². The van der Waals surface area contributed by atoms with Gasteiger partial charge in [-0.25, -0.2) is 22.2 Å². The summed E-state index contributed by atoms with van der Waals surface area (Å²) in [5.41, 5.74) is 0.457. The van der Waals surface area contributed by atoms with Crippen molar-refractivity contribution in [3.05, 3.63) is 70.7 Å². The van der Waals surface area contributed by atoms with Crippen LogP contribution in [0, 0.1) is 18.6 Å². The monoisotopic (exact) mass is 479 g/mol. The van der Waals surface area contributed by atoms with E-state index in [-0.39, 0.29) is 16.4 Å².